The van der Waals surface area contributed by atoms with Crippen molar-refractivity contribution in [2.45, 2.75) is 20.8 Å². The smallest absolute Gasteiger partial charge is 0.205 e. The number of aryl methyl sites for hydroxylation is 1. The van der Waals surface area contributed by atoms with Crippen molar-refractivity contribution < 1.29 is 0 Å². The molecule has 0 aliphatic carbocycles. The van der Waals surface area contributed by atoms with Crippen LogP contribution >= 0.6 is 11.3 Å². The fourth-order valence-electron chi connectivity index (χ4n) is 2.22. The van der Waals surface area contributed by atoms with Crippen LogP contribution in [0.25, 0.3) is 16.3 Å². The second-order valence-corrected chi connectivity index (χ2v) is 5.76. The van der Waals surface area contributed by atoms with Gasteiger partial charge >= 0.3 is 0 Å². The van der Waals surface area contributed by atoms with Crippen molar-refractivity contribution in [1.29, 1.82) is 0 Å². The van der Waals surface area contributed by atoms with E-state index < -0.39 is 0 Å². The van der Waals surface area contributed by atoms with Gasteiger partial charge in [-0.2, -0.15) is 5.10 Å². The molecule has 2 aromatic heterocycles. The van der Waals surface area contributed by atoms with Crippen molar-refractivity contribution >= 4 is 16.5 Å². The summed E-state index contributed by atoms with van der Waals surface area (Å²) >= 11 is 1.55. The molecule has 0 radical (unpaired) electrons. The van der Waals surface area contributed by atoms with Crippen molar-refractivity contribution in [2.75, 3.05) is 11.9 Å². The van der Waals surface area contributed by atoms with Gasteiger partial charge in [0.15, 0.2) is 5.01 Å². The first-order valence-electron chi connectivity index (χ1n) is 6.89. The maximum atomic E-state index is 4.51. The van der Waals surface area contributed by atoms with E-state index in [1.165, 1.54) is 5.56 Å². The Hall–Kier alpha value is -2.21. The first-order valence-corrected chi connectivity index (χ1v) is 7.70. The lowest BCUT2D eigenvalue weighted by Gasteiger charge is -2.07. The molecule has 0 saturated carbocycles. The molecule has 0 bridgehead atoms. The van der Waals surface area contributed by atoms with Crippen LogP contribution in [0.5, 0.6) is 0 Å². The normalized spacial score (nSPS) is 10.8. The predicted octanol–water partition coefficient (Wildman–Crippen LogP) is 3.44. The van der Waals surface area contributed by atoms with Crippen LogP contribution in [0, 0.1) is 13.8 Å². The standard InChI is InChI=1S/C15H17N5S/c1-4-16-15-19-18-14(21-15)12-9-17-20(11(12)3)13-8-6-5-7-10(13)2/h5-9H,4H2,1-3H3,(H,16,19). The van der Waals surface area contributed by atoms with Crippen LogP contribution in [-0.2, 0) is 0 Å². The highest BCUT2D eigenvalue weighted by Gasteiger charge is 2.15. The Kier molecular flexibility index (Phi) is 3.70. The highest BCUT2D eigenvalue weighted by molar-refractivity contribution is 7.18. The molecule has 0 atom stereocenters. The van der Waals surface area contributed by atoms with Gasteiger partial charge in [-0.15, -0.1) is 10.2 Å². The summed E-state index contributed by atoms with van der Waals surface area (Å²) < 4.78 is 1.96. The molecule has 0 aliphatic rings. The summed E-state index contributed by atoms with van der Waals surface area (Å²) in [5.74, 6) is 0. The van der Waals surface area contributed by atoms with Gasteiger partial charge in [0.1, 0.15) is 0 Å². The Morgan fingerprint density at radius 2 is 2.00 bits per heavy atom. The number of hydrogen-bond acceptors (Lipinski definition) is 5. The topological polar surface area (TPSA) is 55.6 Å². The largest absolute Gasteiger partial charge is 0.360 e. The summed E-state index contributed by atoms with van der Waals surface area (Å²) in [5.41, 5.74) is 4.39. The highest BCUT2D eigenvalue weighted by atomic mass is 32.1. The summed E-state index contributed by atoms with van der Waals surface area (Å²) in [6.45, 7) is 7.03. The SMILES string of the molecule is CCNc1nnc(-c2cnn(-c3ccccc3C)c2C)s1. The van der Waals surface area contributed by atoms with Crippen LogP contribution < -0.4 is 5.32 Å². The van der Waals surface area contributed by atoms with E-state index in [2.05, 4.69) is 46.6 Å². The van der Waals surface area contributed by atoms with Gasteiger partial charge in [-0.25, -0.2) is 4.68 Å². The maximum absolute atomic E-state index is 4.51. The third-order valence-corrected chi connectivity index (χ3v) is 4.25. The summed E-state index contributed by atoms with van der Waals surface area (Å²) in [5, 5.41) is 17.8. The van der Waals surface area contributed by atoms with Gasteiger partial charge < -0.3 is 5.32 Å². The van der Waals surface area contributed by atoms with E-state index in [4.69, 9.17) is 0 Å². The minimum atomic E-state index is 0.843. The Balaban J connectivity index is 2.01. The molecule has 108 valence electrons. The van der Waals surface area contributed by atoms with Crippen LogP contribution in [0.2, 0.25) is 0 Å². The molecule has 3 aromatic rings. The van der Waals surface area contributed by atoms with Crippen LogP contribution in [0.1, 0.15) is 18.2 Å². The molecule has 0 fully saturated rings. The average molecular weight is 299 g/mol. The number of para-hydroxylation sites is 1. The lowest BCUT2D eigenvalue weighted by atomic mass is 10.2. The van der Waals surface area contributed by atoms with Crippen LogP contribution in [0.3, 0.4) is 0 Å². The zero-order valence-electron chi connectivity index (χ0n) is 12.3. The van der Waals surface area contributed by atoms with E-state index in [1.807, 2.05) is 29.9 Å². The summed E-state index contributed by atoms with van der Waals surface area (Å²) in [4.78, 5) is 0. The quantitative estimate of drug-likeness (QED) is 0.802. The highest BCUT2D eigenvalue weighted by Crippen LogP contribution is 2.30. The molecule has 2 heterocycles. The minimum absolute atomic E-state index is 0.843. The summed E-state index contributed by atoms with van der Waals surface area (Å²) in [7, 11) is 0. The Morgan fingerprint density at radius 3 is 2.76 bits per heavy atom. The number of hydrogen-bond donors (Lipinski definition) is 1. The monoisotopic (exact) mass is 299 g/mol. The molecule has 1 N–H and O–H groups in total. The summed E-state index contributed by atoms with van der Waals surface area (Å²) in [6.07, 6.45) is 1.86. The Morgan fingerprint density at radius 1 is 1.19 bits per heavy atom. The molecule has 1 aromatic carbocycles. The number of nitrogens with one attached hydrogen (secondary N) is 1. The summed E-state index contributed by atoms with van der Waals surface area (Å²) in [6, 6.07) is 8.22. The molecule has 0 amide bonds. The minimum Gasteiger partial charge on any atom is -0.360 e. The second-order valence-electron chi connectivity index (χ2n) is 4.78. The van der Waals surface area contributed by atoms with Crippen molar-refractivity contribution in [3.05, 3.63) is 41.7 Å². The van der Waals surface area contributed by atoms with Gasteiger partial charge in [-0.3, -0.25) is 0 Å². The van der Waals surface area contributed by atoms with Crippen molar-refractivity contribution in [1.82, 2.24) is 20.0 Å². The molecule has 21 heavy (non-hydrogen) atoms. The third-order valence-electron chi connectivity index (χ3n) is 3.34. The van der Waals surface area contributed by atoms with Gasteiger partial charge in [0.05, 0.1) is 23.1 Å². The van der Waals surface area contributed by atoms with Crippen molar-refractivity contribution in [2.24, 2.45) is 0 Å². The number of benzene rings is 1. The molecule has 5 nitrogen and oxygen atoms in total. The maximum Gasteiger partial charge on any atom is 0.205 e. The molecule has 0 saturated heterocycles. The molecular weight excluding hydrogens is 282 g/mol. The molecule has 6 heteroatoms. The zero-order chi connectivity index (χ0) is 14.8. The Bertz CT molecular complexity index is 759. The first kappa shape index (κ1) is 13.8. The first-order chi connectivity index (χ1) is 10.2. The lowest BCUT2D eigenvalue weighted by Crippen LogP contribution is -2.00. The van der Waals surface area contributed by atoms with E-state index in [9.17, 15) is 0 Å². The van der Waals surface area contributed by atoms with Gasteiger partial charge in [0.2, 0.25) is 5.13 Å². The van der Waals surface area contributed by atoms with Crippen LogP contribution in [0.15, 0.2) is 30.5 Å². The van der Waals surface area contributed by atoms with Gasteiger partial charge in [-0.1, -0.05) is 29.5 Å². The van der Waals surface area contributed by atoms with Crippen LogP contribution in [-0.4, -0.2) is 26.5 Å². The number of nitrogens with zero attached hydrogens (tertiary/aromatic N) is 4. The van der Waals surface area contributed by atoms with E-state index in [-0.39, 0.29) is 0 Å². The zero-order valence-corrected chi connectivity index (χ0v) is 13.1. The van der Waals surface area contributed by atoms with E-state index in [0.29, 0.717) is 0 Å². The fourth-order valence-corrected chi connectivity index (χ4v) is 3.09. The second kappa shape index (κ2) is 5.65. The van der Waals surface area contributed by atoms with Crippen LogP contribution in [0.4, 0.5) is 5.13 Å². The van der Waals surface area contributed by atoms with Gasteiger partial charge in [0.25, 0.3) is 0 Å². The molecule has 0 spiro atoms. The van der Waals surface area contributed by atoms with Gasteiger partial charge in [-0.05, 0) is 32.4 Å². The Labute approximate surface area is 127 Å². The fraction of sp³-hybridized carbons (Fsp3) is 0.267. The number of anilines is 1. The number of aromatic nitrogens is 4. The number of rotatable bonds is 4. The predicted molar refractivity (Wildman–Crippen MR) is 86.1 cm³/mol. The third kappa shape index (κ3) is 2.54. The van der Waals surface area contributed by atoms with Gasteiger partial charge in [0, 0.05) is 6.54 Å². The van der Waals surface area contributed by atoms with E-state index >= 15 is 0 Å². The van der Waals surface area contributed by atoms with E-state index in [0.717, 1.165) is 33.6 Å². The van der Waals surface area contributed by atoms with Crippen molar-refractivity contribution in [3.63, 3.8) is 0 Å². The molecule has 3 rings (SSSR count). The van der Waals surface area contributed by atoms with E-state index in [1.54, 1.807) is 11.3 Å². The molecule has 0 unspecified atom stereocenters. The van der Waals surface area contributed by atoms with Crippen molar-refractivity contribution in [3.8, 4) is 16.3 Å². The average Bonchev–Trinajstić information content (AvgIpc) is 3.07. The molecule has 0 aliphatic heterocycles. The molecular formula is C15H17N5S. The lowest BCUT2D eigenvalue weighted by molar-refractivity contribution is 0.840.